The van der Waals surface area contributed by atoms with E-state index in [1.54, 1.807) is 62.7 Å². The fourth-order valence-corrected chi connectivity index (χ4v) is 2.00. The Morgan fingerprint density at radius 2 is 1.78 bits per heavy atom. The first-order valence-corrected chi connectivity index (χ1v) is 7.12. The number of methoxy groups -OCH3 is 1. The van der Waals surface area contributed by atoms with Gasteiger partial charge in [0.2, 0.25) is 5.91 Å². The van der Waals surface area contributed by atoms with Gasteiger partial charge in [0.15, 0.2) is 0 Å². The van der Waals surface area contributed by atoms with Crippen LogP contribution in [0.5, 0.6) is 5.75 Å². The number of rotatable bonds is 6. The lowest BCUT2D eigenvalue weighted by Crippen LogP contribution is -2.22. The third-order valence-corrected chi connectivity index (χ3v) is 3.16. The molecule has 2 amide bonds. The van der Waals surface area contributed by atoms with Crippen LogP contribution in [-0.4, -0.2) is 32.5 Å². The molecular weight excluding hydrogens is 294 g/mol. The van der Waals surface area contributed by atoms with Crippen LogP contribution < -0.4 is 20.7 Å². The SMILES string of the molecule is CNC(=O)c1cccc(NCC(=O)Nc2cccc(OC)c2)c1. The third-order valence-electron chi connectivity index (χ3n) is 3.16. The maximum Gasteiger partial charge on any atom is 0.251 e. The average molecular weight is 313 g/mol. The molecule has 120 valence electrons. The number of hydrogen-bond acceptors (Lipinski definition) is 4. The van der Waals surface area contributed by atoms with Crippen LogP contribution in [0, 0.1) is 0 Å². The molecule has 2 aromatic rings. The van der Waals surface area contributed by atoms with Crippen molar-refractivity contribution in [2.75, 3.05) is 31.3 Å². The van der Waals surface area contributed by atoms with Crippen molar-refractivity contribution < 1.29 is 14.3 Å². The number of ether oxygens (including phenoxy) is 1. The molecular formula is C17H19N3O3. The van der Waals surface area contributed by atoms with E-state index in [1.165, 1.54) is 0 Å². The molecule has 0 saturated heterocycles. The molecule has 0 spiro atoms. The van der Waals surface area contributed by atoms with E-state index in [2.05, 4.69) is 16.0 Å². The molecule has 0 atom stereocenters. The van der Waals surface area contributed by atoms with Crippen LogP contribution in [0.2, 0.25) is 0 Å². The summed E-state index contributed by atoms with van der Waals surface area (Å²) in [7, 11) is 3.14. The van der Waals surface area contributed by atoms with Gasteiger partial charge in [-0.05, 0) is 30.3 Å². The second-order valence-electron chi connectivity index (χ2n) is 4.79. The Bertz CT molecular complexity index is 701. The highest BCUT2D eigenvalue weighted by Crippen LogP contribution is 2.16. The Morgan fingerprint density at radius 1 is 1.04 bits per heavy atom. The van der Waals surface area contributed by atoms with Gasteiger partial charge in [-0.2, -0.15) is 0 Å². The Kier molecular flexibility index (Phi) is 5.57. The van der Waals surface area contributed by atoms with E-state index in [4.69, 9.17) is 4.74 Å². The van der Waals surface area contributed by atoms with Gasteiger partial charge < -0.3 is 20.7 Å². The Labute approximate surface area is 134 Å². The third kappa shape index (κ3) is 4.74. The summed E-state index contributed by atoms with van der Waals surface area (Å²) >= 11 is 0. The quantitative estimate of drug-likeness (QED) is 0.763. The first-order valence-electron chi connectivity index (χ1n) is 7.12. The van der Waals surface area contributed by atoms with Gasteiger partial charge in [0.05, 0.1) is 13.7 Å². The average Bonchev–Trinajstić information content (AvgIpc) is 2.59. The molecule has 0 aliphatic heterocycles. The normalized spacial score (nSPS) is 9.83. The highest BCUT2D eigenvalue weighted by molar-refractivity contribution is 5.96. The molecule has 0 bridgehead atoms. The fraction of sp³-hybridized carbons (Fsp3) is 0.176. The van der Waals surface area contributed by atoms with Crippen molar-refractivity contribution in [2.45, 2.75) is 0 Å². The van der Waals surface area contributed by atoms with Gasteiger partial charge in [-0.1, -0.05) is 12.1 Å². The van der Waals surface area contributed by atoms with E-state index in [0.717, 1.165) is 0 Å². The molecule has 3 N–H and O–H groups in total. The standard InChI is InChI=1S/C17H19N3O3/c1-18-17(22)12-5-3-6-13(9-12)19-11-16(21)20-14-7-4-8-15(10-14)23-2/h3-10,19H,11H2,1-2H3,(H,18,22)(H,20,21). The molecule has 0 aliphatic rings. The van der Waals surface area contributed by atoms with Crippen molar-refractivity contribution >= 4 is 23.2 Å². The summed E-state index contributed by atoms with van der Waals surface area (Å²) in [6, 6.07) is 14.1. The lowest BCUT2D eigenvalue weighted by atomic mass is 10.2. The smallest absolute Gasteiger partial charge is 0.251 e. The lowest BCUT2D eigenvalue weighted by Gasteiger charge is -2.09. The minimum absolute atomic E-state index is 0.0917. The summed E-state index contributed by atoms with van der Waals surface area (Å²) in [6.07, 6.45) is 0. The summed E-state index contributed by atoms with van der Waals surface area (Å²) in [5.74, 6) is 0.312. The fourth-order valence-electron chi connectivity index (χ4n) is 2.00. The Balaban J connectivity index is 1.92. The number of benzene rings is 2. The van der Waals surface area contributed by atoms with Gasteiger partial charge in [0.25, 0.3) is 5.91 Å². The topological polar surface area (TPSA) is 79.5 Å². The summed E-state index contributed by atoms with van der Waals surface area (Å²) in [5.41, 5.74) is 1.90. The molecule has 0 radical (unpaired) electrons. The summed E-state index contributed by atoms with van der Waals surface area (Å²) in [6.45, 7) is 0.0917. The predicted octanol–water partition coefficient (Wildman–Crippen LogP) is 2.11. The lowest BCUT2D eigenvalue weighted by molar-refractivity contribution is -0.114. The van der Waals surface area contributed by atoms with E-state index in [0.29, 0.717) is 22.7 Å². The second kappa shape index (κ2) is 7.84. The molecule has 6 nitrogen and oxygen atoms in total. The van der Waals surface area contributed by atoms with Crippen LogP contribution in [0.4, 0.5) is 11.4 Å². The zero-order valence-electron chi connectivity index (χ0n) is 13.1. The number of nitrogens with one attached hydrogen (secondary N) is 3. The van der Waals surface area contributed by atoms with Crippen LogP contribution in [0.25, 0.3) is 0 Å². The zero-order valence-corrected chi connectivity index (χ0v) is 13.1. The maximum atomic E-state index is 12.0. The van der Waals surface area contributed by atoms with E-state index in [1.807, 2.05) is 0 Å². The molecule has 0 fully saturated rings. The number of amides is 2. The number of hydrogen-bond donors (Lipinski definition) is 3. The minimum atomic E-state index is -0.191. The highest BCUT2D eigenvalue weighted by Gasteiger charge is 2.06. The van der Waals surface area contributed by atoms with E-state index in [-0.39, 0.29) is 18.4 Å². The van der Waals surface area contributed by atoms with Crippen molar-refractivity contribution in [1.82, 2.24) is 5.32 Å². The number of carbonyl (C=O) groups excluding carboxylic acids is 2. The van der Waals surface area contributed by atoms with Crippen molar-refractivity contribution in [2.24, 2.45) is 0 Å². The van der Waals surface area contributed by atoms with Gasteiger partial charge in [-0.25, -0.2) is 0 Å². The first-order chi connectivity index (χ1) is 11.1. The Hall–Kier alpha value is -3.02. The van der Waals surface area contributed by atoms with Gasteiger partial charge in [0, 0.05) is 30.1 Å². The van der Waals surface area contributed by atoms with Crippen molar-refractivity contribution in [3.8, 4) is 5.75 Å². The van der Waals surface area contributed by atoms with E-state index < -0.39 is 0 Å². The van der Waals surface area contributed by atoms with Crippen LogP contribution in [0.3, 0.4) is 0 Å². The largest absolute Gasteiger partial charge is 0.497 e. The van der Waals surface area contributed by atoms with E-state index in [9.17, 15) is 9.59 Å². The zero-order chi connectivity index (χ0) is 16.7. The molecule has 2 aromatic carbocycles. The monoisotopic (exact) mass is 313 g/mol. The first kappa shape index (κ1) is 16.4. The maximum absolute atomic E-state index is 12.0. The van der Waals surface area contributed by atoms with Crippen LogP contribution in [-0.2, 0) is 4.79 Å². The summed E-state index contributed by atoms with van der Waals surface area (Å²) < 4.78 is 5.11. The molecule has 2 rings (SSSR count). The number of anilines is 2. The second-order valence-corrected chi connectivity index (χ2v) is 4.79. The van der Waals surface area contributed by atoms with E-state index >= 15 is 0 Å². The molecule has 0 saturated carbocycles. The molecule has 0 aliphatic carbocycles. The van der Waals surface area contributed by atoms with Crippen LogP contribution in [0.15, 0.2) is 48.5 Å². The van der Waals surface area contributed by atoms with Gasteiger partial charge in [-0.15, -0.1) is 0 Å². The summed E-state index contributed by atoms with van der Waals surface area (Å²) in [5, 5.41) is 8.32. The molecule has 0 heterocycles. The predicted molar refractivity (Wildman–Crippen MR) is 89.9 cm³/mol. The van der Waals surface area contributed by atoms with Gasteiger partial charge in [-0.3, -0.25) is 9.59 Å². The molecule has 23 heavy (non-hydrogen) atoms. The van der Waals surface area contributed by atoms with Crippen molar-refractivity contribution in [3.63, 3.8) is 0 Å². The molecule has 0 aromatic heterocycles. The number of carbonyl (C=O) groups is 2. The van der Waals surface area contributed by atoms with Crippen molar-refractivity contribution in [1.29, 1.82) is 0 Å². The minimum Gasteiger partial charge on any atom is -0.497 e. The molecule has 6 heteroatoms. The van der Waals surface area contributed by atoms with Crippen LogP contribution in [0.1, 0.15) is 10.4 Å². The molecule has 0 unspecified atom stereocenters. The van der Waals surface area contributed by atoms with Gasteiger partial charge >= 0.3 is 0 Å². The summed E-state index contributed by atoms with van der Waals surface area (Å²) in [4.78, 5) is 23.5. The Morgan fingerprint density at radius 3 is 2.52 bits per heavy atom. The van der Waals surface area contributed by atoms with Crippen LogP contribution >= 0.6 is 0 Å². The van der Waals surface area contributed by atoms with Gasteiger partial charge in [0.1, 0.15) is 5.75 Å². The van der Waals surface area contributed by atoms with Crippen molar-refractivity contribution in [3.05, 3.63) is 54.1 Å². The highest BCUT2D eigenvalue weighted by atomic mass is 16.5.